The highest BCUT2D eigenvalue weighted by Crippen LogP contribution is 2.69. The summed E-state index contributed by atoms with van der Waals surface area (Å²) in [5.74, 6) is 2.35. The number of amides is 1. The molecule has 0 bridgehead atoms. The van der Waals surface area contributed by atoms with Gasteiger partial charge in [0.25, 0.3) is 10.0 Å². The van der Waals surface area contributed by atoms with E-state index in [0.717, 1.165) is 55.7 Å². The Labute approximate surface area is 242 Å². The Balaban J connectivity index is 1.29. The largest absolute Gasteiger partial charge is 0.393 e. The van der Waals surface area contributed by atoms with E-state index in [-0.39, 0.29) is 46.2 Å². The number of nitrogens with zero attached hydrogens (tertiary/aromatic N) is 1. The Morgan fingerprint density at radius 2 is 1.65 bits per heavy atom. The highest BCUT2D eigenvalue weighted by Gasteiger charge is 2.64. The summed E-state index contributed by atoms with van der Waals surface area (Å²) in [7, 11) is -2.47. The summed E-state index contributed by atoms with van der Waals surface area (Å²) < 4.78 is 26.8. The maximum atomic E-state index is 13.0. The molecule has 0 spiro atoms. The summed E-state index contributed by atoms with van der Waals surface area (Å²) >= 11 is 0. The lowest BCUT2D eigenvalue weighted by Gasteiger charge is -2.64. The van der Waals surface area contributed by atoms with E-state index in [1.165, 1.54) is 19.2 Å². The minimum atomic E-state index is -3.84. The third-order valence-corrected chi connectivity index (χ3v) is 14.5. The van der Waals surface area contributed by atoms with Crippen LogP contribution in [-0.2, 0) is 14.8 Å². The number of benzene rings is 1. The number of aliphatic hydroxyl groups excluding tert-OH is 2. The van der Waals surface area contributed by atoms with Gasteiger partial charge in [-0.25, -0.2) is 12.7 Å². The third kappa shape index (κ3) is 4.76. The number of hydrogen-bond donors (Lipinski definition) is 2. The molecule has 4 saturated carbocycles. The summed E-state index contributed by atoms with van der Waals surface area (Å²) in [4.78, 5) is 13.2. The summed E-state index contributed by atoms with van der Waals surface area (Å²) in [5, 5.41) is 22.4. The quantitative estimate of drug-likeness (QED) is 0.425. The van der Waals surface area contributed by atoms with Crippen molar-refractivity contribution in [3.8, 4) is 0 Å². The van der Waals surface area contributed by atoms with Gasteiger partial charge < -0.3 is 10.2 Å². The standard InChI is InChI=1S/C33H51NO5S/c1-6-24-28-20-22(35)16-18-33(28,4)27-17-19-32(3)25(13-14-26(32)30(27)31(24)37)21(2)12-15-29(36)34(5)40(38,39)23-10-8-7-9-11-23/h7-11,21-22,24-28,30-31,35,37H,6,12-20H2,1-5H3/t21-,22-,24-,25-,26+,27?,28+,30+,31-,32-,33-/m1/s1. The fourth-order valence-corrected chi connectivity index (χ4v) is 11.7. The average Bonchev–Trinajstić information content (AvgIpc) is 3.30. The van der Waals surface area contributed by atoms with Crippen LogP contribution in [0.15, 0.2) is 35.2 Å². The Morgan fingerprint density at radius 3 is 2.33 bits per heavy atom. The molecule has 6 nitrogen and oxygen atoms in total. The second-order valence-corrected chi connectivity index (χ2v) is 16.3. The number of rotatable bonds is 7. The topological polar surface area (TPSA) is 94.9 Å². The molecule has 0 aromatic heterocycles. The Hall–Kier alpha value is -1.44. The average molecular weight is 574 g/mol. The van der Waals surface area contributed by atoms with Gasteiger partial charge >= 0.3 is 0 Å². The first kappa shape index (κ1) is 30.0. The molecular weight excluding hydrogens is 522 g/mol. The number of hydrogen-bond acceptors (Lipinski definition) is 5. The van der Waals surface area contributed by atoms with E-state index < -0.39 is 10.0 Å². The minimum absolute atomic E-state index is 0.127. The van der Waals surface area contributed by atoms with Crippen molar-refractivity contribution in [2.75, 3.05) is 7.05 Å². The summed E-state index contributed by atoms with van der Waals surface area (Å²) in [5.41, 5.74) is 0.318. The van der Waals surface area contributed by atoms with Gasteiger partial charge in [0.2, 0.25) is 5.91 Å². The highest BCUT2D eigenvalue weighted by atomic mass is 32.2. The van der Waals surface area contributed by atoms with Gasteiger partial charge in [-0.05, 0) is 116 Å². The first-order valence-corrected chi connectivity index (χ1v) is 17.2. The van der Waals surface area contributed by atoms with Crippen LogP contribution in [-0.4, -0.2) is 48.1 Å². The van der Waals surface area contributed by atoms with E-state index in [0.29, 0.717) is 41.9 Å². The van der Waals surface area contributed by atoms with Gasteiger partial charge in [-0.15, -0.1) is 0 Å². The van der Waals surface area contributed by atoms with Gasteiger partial charge in [-0.1, -0.05) is 52.3 Å². The van der Waals surface area contributed by atoms with Crippen LogP contribution in [0.2, 0.25) is 0 Å². The third-order valence-electron chi connectivity index (χ3n) is 12.7. The molecule has 0 radical (unpaired) electrons. The number of fused-ring (bicyclic) bond motifs is 5. The van der Waals surface area contributed by atoms with Crippen molar-refractivity contribution < 1.29 is 23.4 Å². The predicted molar refractivity (Wildman–Crippen MR) is 157 cm³/mol. The molecule has 0 heterocycles. The molecule has 40 heavy (non-hydrogen) atoms. The van der Waals surface area contributed by atoms with Crippen molar-refractivity contribution in [3.05, 3.63) is 30.3 Å². The zero-order valence-corrected chi connectivity index (χ0v) is 25.9. The molecule has 1 aromatic carbocycles. The molecule has 11 atom stereocenters. The van der Waals surface area contributed by atoms with E-state index in [2.05, 4.69) is 27.7 Å². The molecular formula is C33H51NO5S. The Bertz CT molecular complexity index is 1170. The van der Waals surface area contributed by atoms with Crippen LogP contribution in [0.5, 0.6) is 0 Å². The lowest BCUT2D eigenvalue weighted by molar-refractivity contribution is -0.203. The van der Waals surface area contributed by atoms with Gasteiger partial charge in [-0.3, -0.25) is 4.79 Å². The van der Waals surface area contributed by atoms with Gasteiger partial charge in [0, 0.05) is 13.5 Å². The van der Waals surface area contributed by atoms with Crippen LogP contribution >= 0.6 is 0 Å². The molecule has 0 saturated heterocycles. The van der Waals surface area contributed by atoms with Crippen molar-refractivity contribution in [2.45, 2.75) is 109 Å². The Morgan fingerprint density at radius 1 is 1.00 bits per heavy atom. The van der Waals surface area contributed by atoms with Crippen LogP contribution in [0.4, 0.5) is 0 Å². The molecule has 5 rings (SSSR count). The maximum Gasteiger partial charge on any atom is 0.266 e. The van der Waals surface area contributed by atoms with Gasteiger partial charge in [0.1, 0.15) is 0 Å². The maximum absolute atomic E-state index is 13.0. The fourth-order valence-electron chi connectivity index (χ4n) is 10.5. The zero-order chi connectivity index (χ0) is 29.0. The molecule has 1 amide bonds. The SMILES string of the molecule is CC[C@H]1[C@@H](O)[C@@H]2C(CC[C@]3(C)[C@@H]([C@H](C)CCC(=O)N(C)S(=O)(=O)c4ccccc4)CC[C@@H]23)[C@@]2(C)CC[C@@H](O)C[C@@H]12. The van der Waals surface area contributed by atoms with Crippen LogP contribution in [0.1, 0.15) is 91.9 Å². The van der Waals surface area contributed by atoms with Crippen LogP contribution in [0.3, 0.4) is 0 Å². The van der Waals surface area contributed by atoms with E-state index in [1.807, 2.05) is 0 Å². The second kappa shape index (κ2) is 11.0. The number of aliphatic hydroxyl groups is 2. The van der Waals surface area contributed by atoms with E-state index in [9.17, 15) is 23.4 Å². The number of sulfonamides is 1. The lowest BCUT2D eigenvalue weighted by atomic mass is 9.41. The van der Waals surface area contributed by atoms with E-state index in [1.54, 1.807) is 18.2 Å². The smallest absolute Gasteiger partial charge is 0.266 e. The van der Waals surface area contributed by atoms with Crippen LogP contribution in [0, 0.1) is 52.3 Å². The number of carbonyl (C=O) groups excluding carboxylic acids is 1. The van der Waals surface area contributed by atoms with E-state index >= 15 is 0 Å². The first-order valence-electron chi connectivity index (χ1n) is 15.8. The van der Waals surface area contributed by atoms with Crippen LogP contribution in [0.25, 0.3) is 0 Å². The van der Waals surface area contributed by atoms with Crippen molar-refractivity contribution in [1.82, 2.24) is 4.31 Å². The molecule has 2 N–H and O–H groups in total. The number of carbonyl (C=O) groups is 1. The monoisotopic (exact) mass is 573 g/mol. The lowest BCUT2D eigenvalue weighted by Crippen LogP contribution is -2.62. The molecule has 4 aliphatic carbocycles. The van der Waals surface area contributed by atoms with Gasteiger partial charge in [-0.2, -0.15) is 0 Å². The minimum Gasteiger partial charge on any atom is -0.393 e. The molecule has 4 fully saturated rings. The summed E-state index contributed by atoms with van der Waals surface area (Å²) in [6.07, 6.45) is 8.61. The highest BCUT2D eigenvalue weighted by molar-refractivity contribution is 7.89. The normalized spacial score (nSPS) is 41.9. The molecule has 1 unspecified atom stereocenters. The van der Waals surface area contributed by atoms with Gasteiger partial charge in [0.05, 0.1) is 17.1 Å². The molecule has 224 valence electrons. The van der Waals surface area contributed by atoms with Gasteiger partial charge in [0.15, 0.2) is 0 Å². The van der Waals surface area contributed by atoms with Crippen molar-refractivity contribution >= 4 is 15.9 Å². The van der Waals surface area contributed by atoms with Crippen LogP contribution < -0.4 is 0 Å². The van der Waals surface area contributed by atoms with E-state index in [4.69, 9.17) is 0 Å². The molecule has 0 aliphatic heterocycles. The molecule has 1 aromatic rings. The Kier molecular flexibility index (Phi) is 8.26. The second-order valence-electron chi connectivity index (χ2n) is 14.3. The van der Waals surface area contributed by atoms with Crippen molar-refractivity contribution in [1.29, 1.82) is 0 Å². The predicted octanol–water partition coefficient (Wildman–Crippen LogP) is 5.88. The molecule has 4 aliphatic rings. The zero-order valence-electron chi connectivity index (χ0n) is 25.1. The summed E-state index contributed by atoms with van der Waals surface area (Å²) in [6.45, 7) is 9.38. The first-order chi connectivity index (χ1) is 18.9. The van der Waals surface area contributed by atoms with Crippen molar-refractivity contribution in [3.63, 3.8) is 0 Å². The fraction of sp³-hybridized carbons (Fsp3) is 0.788. The van der Waals surface area contributed by atoms with Crippen molar-refractivity contribution in [2.24, 2.45) is 52.3 Å². The molecule has 7 heteroatoms. The summed E-state index contributed by atoms with van der Waals surface area (Å²) in [6, 6.07) is 8.15.